The number of esters is 1. The highest BCUT2D eigenvalue weighted by molar-refractivity contribution is 5.79. The van der Waals surface area contributed by atoms with E-state index >= 15 is 0 Å². The number of carbonyl (C=O) groups is 1. The molecule has 0 aliphatic carbocycles. The van der Waals surface area contributed by atoms with Gasteiger partial charge in [-0.05, 0) is 52.2 Å². The van der Waals surface area contributed by atoms with Gasteiger partial charge in [-0.3, -0.25) is 4.79 Å². The average Bonchev–Trinajstić information content (AvgIpc) is 2.30. The van der Waals surface area contributed by atoms with Crippen LogP contribution in [0.2, 0.25) is 0 Å². The second-order valence-electron chi connectivity index (χ2n) is 5.62. The highest BCUT2D eigenvalue weighted by Gasteiger charge is 2.28. The van der Waals surface area contributed by atoms with Crippen LogP contribution in [0, 0.1) is 0 Å². The van der Waals surface area contributed by atoms with E-state index in [1.54, 1.807) is 6.92 Å². The molecule has 1 aliphatic heterocycles. The molecule has 1 saturated heterocycles. The van der Waals surface area contributed by atoms with Crippen LogP contribution >= 0.6 is 0 Å². The van der Waals surface area contributed by atoms with Crippen molar-refractivity contribution in [3.63, 3.8) is 0 Å². The Bertz CT molecular complexity index is 246. The SMILES string of the molecule is COC(=O)C(C)(N)CCCN1CCCCCCC1. The number of nitrogens with two attached hydrogens (primary N) is 1. The molecule has 0 amide bonds. The second-order valence-corrected chi connectivity index (χ2v) is 5.62. The maximum absolute atomic E-state index is 11.5. The van der Waals surface area contributed by atoms with Gasteiger partial charge in [-0.2, -0.15) is 0 Å². The fourth-order valence-corrected chi connectivity index (χ4v) is 2.54. The molecule has 0 saturated carbocycles. The van der Waals surface area contributed by atoms with Crippen LogP contribution in [0.1, 0.15) is 51.9 Å². The first-order chi connectivity index (χ1) is 8.56. The van der Waals surface area contributed by atoms with Gasteiger partial charge < -0.3 is 15.4 Å². The number of hydrogen-bond donors (Lipinski definition) is 1. The normalized spacial score (nSPS) is 21.7. The third-order valence-electron chi connectivity index (χ3n) is 3.77. The van der Waals surface area contributed by atoms with Crippen molar-refractivity contribution >= 4 is 5.97 Å². The predicted octanol–water partition coefficient (Wildman–Crippen LogP) is 1.92. The Morgan fingerprint density at radius 3 is 2.33 bits per heavy atom. The molecule has 0 spiro atoms. The van der Waals surface area contributed by atoms with Crippen LogP contribution in [0.25, 0.3) is 0 Å². The average molecular weight is 256 g/mol. The number of rotatable bonds is 5. The fraction of sp³-hybridized carbons (Fsp3) is 0.929. The van der Waals surface area contributed by atoms with E-state index in [1.807, 2.05) is 0 Å². The number of likely N-dealkylation sites (tertiary alicyclic amines) is 1. The largest absolute Gasteiger partial charge is 0.468 e. The standard InChI is InChI=1S/C14H28N2O2/c1-14(15,13(17)18-2)9-8-12-16-10-6-4-3-5-7-11-16/h3-12,15H2,1-2H3. The van der Waals surface area contributed by atoms with E-state index in [-0.39, 0.29) is 5.97 Å². The maximum atomic E-state index is 11.5. The van der Waals surface area contributed by atoms with Crippen LogP contribution in [-0.2, 0) is 9.53 Å². The summed E-state index contributed by atoms with van der Waals surface area (Å²) >= 11 is 0. The first kappa shape index (κ1) is 15.4. The van der Waals surface area contributed by atoms with Crippen molar-refractivity contribution in [3.05, 3.63) is 0 Å². The van der Waals surface area contributed by atoms with Crippen LogP contribution in [0.15, 0.2) is 0 Å². The van der Waals surface area contributed by atoms with E-state index in [1.165, 1.54) is 52.3 Å². The Labute approximate surface area is 111 Å². The van der Waals surface area contributed by atoms with Crippen molar-refractivity contribution in [2.24, 2.45) is 5.73 Å². The molecule has 2 N–H and O–H groups in total. The molecule has 106 valence electrons. The van der Waals surface area contributed by atoms with Crippen molar-refractivity contribution < 1.29 is 9.53 Å². The van der Waals surface area contributed by atoms with Crippen LogP contribution in [0.3, 0.4) is 0 Å². The van der Waals surface area contributed by atoms with Gasteiger partial charge in [0, 0.05) is 0 Å². The van der Waals surface area contributed by atoms with Gasteiger partial charge in [0.15, 0.2) is 0 Å². The molecule has 1 atom stereocenters. The lowest BCUT2D eigenvalue weighted by Gasteiger charge is -2.26. The lowest BCUT2D eigenvalue weighted by molar-refractivity contribution is -0.146. The van der Waals surface area contributed by atoms with Gasteiger partial charge in [0.1, 0.15) is 5.54 Å². The lowest BCUT2D eigenvalue weighted by Crippen LogP contribution is -2.46. The minimum atomic E-state index is -0.836. The van der Waals surface area contributed by atoms with Gasteiger partial charge in [0.05, 0.1) is 7.11 Å². The fourth-order valence-electron chi connectivity index (χ4n) is 2.54. The first-order valence-electron chi connectivity index (χ1n) is 7.16. The molecule has 0 aromatic heterocycles. The molecule has 4 nitrogen and oxygen atoms in total. The molecule has 0 aromatic carbocycles. The summed E-state index contributed by atoms with van der Waals surface area (Å²) in [6, 6.07) is 0. The number of ether oxygens (including phenoxy) is 1. The summed E-state index contributed by atoms with van der Waals surface area (Å²) in [5, 5.41) is 0. The Balaban J connectivity index is 2.25. The van der Waals surface area contributed by atoms with Crippen molar-refractivity contribution in [1.29, 1.82) is 0 Å². The molecule has 1 unspecified atom stereocenters. The minimum absolute atomic E-state index is 0.310. The number of methoxy groups -OCH3 is 1. The second kappa shape index (κ2) is 7.74. The van der Waals surface area contributed by atoms with Gasteiger partial charge in [-0.15, -0.1) is 0 Å². The van der Waals surface area contributed by atoms with Crippen LogP contribution in [0.5, 0.6) is 0 Å². The summed E-state index contributed by atoms with van der Waals surface area (Å²) in [6.45, 7) is 5.19. The van der Waals surface area contributed by atoms with Crippen molar-refractivity contribution in [2.45, 2.75) is 57.4 Å². The van der Waals surface area contributed by atoms with Gasteiger partial charge in [0.25, 0.3) is 0 Å². The van der Waals surface area contributed by atoms with Crippen LogP contribution in [-0.4, -0.2) is 43.2 Å². The molecule has 1 fully saturated rings. The van der Waals surface area contributed by atoms with Crippen LogP contribution < -0.4 is 5.73 Å². The Hall–Kier alpha value is -0.610. The van der Waals surface area contributed by atoms with Gasteiger partial charge in [-0.1, -0.05) is 19.3 Å². The summed E-state index contributed by atoms with van der Waals surface area (Å²) in [5.41, 5.74) is 5.11. The molecule has 1 heterocycles. The number of carbonyl (C=O) groups excluding carboxylic acids is 1. The van der Waals surface area contributed by atoms with E-state index in [9.17, 15) is 4.79 Å². The van der Waals surface area contributed by atoms with E-state index in [0.29, 0.717) is 6.42 Å². The summed E-state index contributed by atoms with van der Waals surface area (Å²) in [6.07, 6.45) is 8.35. The van der Waals surface area contributed by atoms with Gasteiger partial charge in [-0.25, -0.2) is 0 Å². The lowest BCUT2D eigenvalue weighted by atomic mass is 9.97. The Morgan fingerprint density at radius 2 is 1.78 bits per heavy atom. The molecule has 0 bridgehead atoms. The maximum Gasteiger partial charge on any atom is 0.325 e. The Kier molecular flexibility index (Phi) is 6.65. The summed E-state index contributed by atoms with van der Waals surface area (Å²) < 4.78 is 4.72. The summed E-state index contributed by atoms with van der Waals surface area (Å²) in [7, 11) is 1.39. The number of hydrogen-bond acceptors (Lipinski definition) is 4. The highest BCUT2D eigenvalue weighted by Crippen LogP contribution is 2.14. The molecular formula is C14H28N2O2. The molecular weight excluding hydrogens is 228 g/mol. The smallest absolute Gasteiger partial charge is 0.325 e. The topological polar surface area (TPSA) is 55.6 Å². The van der Waals surface area contributed by atoms with Gasteiger partial charge in [0.2, 0.25) is 0 Å². The summed E-state index contributed by atoms with van der Waals surface area (Å²) in [5.74, 6) is -0.310. The van der Waals surface area contributed by atoms with Crippen molar-refractivity contribution in [2.75, 3.05) is 26.7 Å². The van der Waals surface area contributed by atoms with E-state index in [4.69, 9.17) is 10.5 Å². The zero-order chi connectivity index (χ0) is 13.4. The molecule has 18 heavy (non-hydrogen) atoms. The zero-order valence-electron chi connectivity index (χ0n) is 11.9. The zero-order valence-corrected chi connectivity index (χ0v) is 11.9. The molecule has 0 radical (unpaired) electrons. The number of nitrogens with zero attached hydrogens (tertiary/aromatic N) is 1. The predicted molar refractivity (Wildman–Crippen MR) is 73.4 cm³/mol. The Morgan fingerprint density at radius 1 is 1.22 bits per heavy atom. The highest BCUT2D eigenvalue weighted by atomic mass is 16.5. The van der Waals surface area contributed by atoms with E-state index < -0.39 is 5.54 Å². The first-order valence-corrected chi connectivity index (χ1v) is 7.16. The third-order valence-corrected chi connectivity index (χ3v) is 3.77. The van der Waals surface area contributed by atoms with Crippen molar-refractivity contribution in [1.82, 2.24) is 4.90 Å². The molecule has 1 rings (SSSR count). The minimum Gasteiger partial charge on any atom is -0.468 e. The van der Waals surface area contributed by atoms with Crippen LogP contribution in [0.4, 0.5) is 0 Å². The molecule has 0 aromatic rings. The summed E-state index contributed by atoms with van der Waals surface area (Å²) in [4.78, 5) is 14.0. The molecule has 1 aliphatic rings. The monoisotopic (exact) mass is 256 g/mol. The van der Waals surface area contributed by atoms with Gasteiger partial charge >= 0.3 is 5.97 Å². The third kappa shape index (κ3) is 5.36. The quantitative estimate of drug-likeness (QED) is 0.764. The van der Waals surface area contributed by atoms with E-state index in [0.717, 1.165) is 13.0 Å². The molecule has 4 heteroatoms. The van der Waals surface area contributed by atoms with E-state index in [2.05, 4.69) is 4.90 Å². The van der Waals surface area contributed by atoms with Crippen molar-refractivity contribution in [3.8, 4) is 0 Å².